The molecule has 0 amide bonds. The SMILES string of the molecule is CCOC(=O)C(CCSC)[N+](C)=c1sccs1.[O-][Cl+3]([O-])([O-])[O-]. The van der Waals surface area contributed by atoms with Gasteiger partial charge in [0.15, 0.2) is 0 Å². The van der Waals surface area contributed by atoms with Crippen molar-refractivity contribution in [3.05, 3.63) is 14.7 Å². The summed E-state index contributed by atoms with van der Waals surface area (Å²) >= 11 is 5.07. The third kappa shape index (κ3) is 10.5. The zero-order valence-corrected chi connectivity index (χ0v) is 15.6. The molecule has 0 N–H and O–H groups in total. The van der Waals surface area contributed by atoms with Gasteiger partial charge in [-0.05, 0) is 18.9 Å². The Morgan fingerprint density at radius 1 is 1.36 bits per heavy atom. The van der Waals surface area contributed by atoms with Gasteiger partial charge >= 0.3 is 9.95 Å². The number of rotatable bonds is 6. The lowest BCUT2D eigenvalue weighted by Crippen LogP contribution is -2.68. The van der Waals surface area contributed by atoms with Gasteiger partial charge < -0.3 is 4.74 Å². The van der Waals surface area contributed by atoms with Crippen molar-refractivity contribution in [2.24, 2.45) is 0 Å². The van der Waals surface area contributed by atoms with Crippen molar-refractivity contribution in [3.8, 4) is 0 Å². The summed E-state index contributed by atoms with van der Waals surface area (Å²) in [6.45, 7) is 2.29. The molecule has 1 aromatic rings. The van der Waals surface area contributed by atoms with Crippen LogP contribution in [-0.4, -0.2) is 37.7 Å². The van der Waals surface area contributed by atoms with Gasteiger partial charge in [0.1, 0.15) is 7.05 Å². The van der Waals surface area contributed by atoms with Gasteiger partial charge in [-0.15, -0.1) is 10.2 Å². The van der Waals surface area contributed by atoms with Gasteiger partial charge in [-0.3, -0.25) is 0 Å². The summed E-state index contributed by atoms with van der Waals surface area (Å²) in [4.78, 5) is 11.9. The zero-order chi connectivity index (χ0) is 17.2. The van der Waals surface area contributed by atoms with Crippen LogP contribution in [-0.2, 0) is 9.53 Å². The van der Waals surface area contributed by atoms with Gasteiger partial charge in [0.25, 0.3) is 6.04 Å². The average Bonchev–Trinajstić information content (AvgIpc) is 2.91. The highest BCUT2D eigenvalue weighted by Gasteiger charge is 2.28. The van der Waals surface area contributed by atoms with Crippen molar-refractivity contribution >= 4 is 40.4 Å². The number of nitrogens with zero attached hydrogens (tertiary/aromatic N) is 1. The number of thioether (sulfide) groups is 1. The van der Waals surface area contributed by atoms with Gasteiger partial charge in [0, 0.05) is 17.2 Å². The number of ether oxygens (including phenoxy) is 1. The van der Waals surface area contributed by atoms with E-state index in [1.165, 1.54) is 0 Å². The van der Waals surface area contributed by atoms with E-state index >= 15 is 0 Å². The lowest BCUT2D eigenvalue weighted by molar-refractivity contribution is -2.00. The highest BCUT2D eigenvalue weighted by Crippen LogP contribution is 2.05. The van der Waals surface area contributed by atoms with Crippen LogP contribution in [0.2, 0.25) is 0 Å². The first kappa shape index (κ1) is 21.8. The van der Waals surface area contributed by atoms with E-state index in [1.807, 2.05) is 29.3 Å². The summed E-state index contributed by atoms with van der Waals surface area (Å²) in [6, 6.07) is -0.169. The third-order valence-corrected chi connectivity index (χ3v) is 5.22. The van der Waals surface area contributed by atoms with Crippen molar-refractivity contribution in [3.63, 3.8) is 0 Å². The zero-order valence-electron chi connectivity index (χ0n) is 12.4. The Balaban J connectivity index is 0.000000763. The van der Waals surface area contributed by atoms with Crippen LogP contribution >= 0.6 is 34.4 Å². The molecule has 1 aromatic heterocycles. The van der Waals surface area contributed by atoms with E-state index in [4.69, 9.17) is 23.4 Å². The molecule has 0 saturated heterocycles. The molecule has 7 nitrogen and oxygen atoms in total. The fourth-order valence-electron chi connectivity index (χ4n) is 1.43. The minimum absolute atomic E-state index is 0.121. The van der Waals surface area contributed by atoms with E-state index in [2.05, 4.69) is 6.26 Å². The van der Waals surface area contributed by atoms with Crippen molar-refractivity contribution in [1.82, 2.24) is 4.58 Å². The Morgan fingerprint density at radius 2 is 1.86 bits per heavy atom. The summed E-state index contributed by atoms with van der Waals surface area (Å²) in [5.41, 5.74) is 0. The molecule has 0 fully saturated rings. The molecule has 0 saturated carbocycles. The maximum atomic E-state index is 11.9. The summed E-state index contributed by atoms with van der Waals surface area (Å²) in [6.07, 6.45) is 2.87. The largest absolute Gasteiger partial charge is 0.461 e. The number of hydrogen-bond donors (Lipinski definition) is 0. The summed E-state index contributed by atoms with van der Waals surface area (Å²) in [5, 5.41) is 4.07. The Kier molecular flexibility index (Phi) is 11.3. The Morgan fingerprint density at radius 3 is 2.27 bits per heavy atom. The second-order valence-electron chi connectivity index (χ2n) is 3.81. The van der Waals surface area contributed by atoms with E-state index in [0.29, 0.717) is 6.61 Å². The highest BCUT2D eigenvalue weighted by atomic mass is 35.7. The highest BCUT2D eigenvalue weighted by molar-refractivity contribution is 7.98. The van der Waals surface area contributed by atoms with Gasteiger partial charge in [0.05, 0.1) is 6.61 Å². The van der Waals surface area contributed by atoms with E-state index in [1.54, 1.807) is 34.4 Å². The third-order valence-electron chi connectivity index (χ3n) is 2.30. The van der Waals surface area contributed by atoms with Crippen LogP contribution in [0, 0.1) is 10.2 Å². The lowest BCUT2D eigenvalue weighted by Gasteiger charge is -2.17. The van der Waals surface area contributed by atoms with Crippen molar-refractivity contribution in [2.75, 3.05) is 25.7 Å². The van der Waals surface area contributed by atoms with Crippen LogP contribution in [0.25, 0.3) is 0 Å². The van der Waals surface area contributed by atoms with Crippen molar-refractivity contribution in [1.29, 1.82) is 0 Å². The molecule has 0 radical (unpaired) electrons. The fourth-order valence-corrected chi connectivity index (χ4v) is 3.71. The Hall–Kier alpha value is -0.200. The molecule has 1 heterocycles. The van der Waals surface area contributed by atoms with Gasteiger partial charge in [-0.25, -0.2) is 28.0 Å². The smallest absolute Gasteiger partial charge is 0.375 e. The summed E-state index contributed by atoms with van der Waals surface area (Å²) in [5.74, 6) is 0.841. The van der Waals surface area contributed by atoms with Crippen LogP contribution in [0.15, 0.2) is 10.8 Å². The summed E-state index contributed by atoms with van der Waals surface area (Å²) < 4.78 is 42.3. The first-order chi connectivity index (χ1) is 10.2. The van der Waals surface area contributed by atoms with E-state index in [-0.39, 0.29) is 12.0 Å². The first-order valence-corrected chi connectivity index (χ1v) is 10.4. The number of likely N-dealkylation sites (N-methyl/N-ethyl adjacent to an activating group) is 1. The molecule has 22 heavy (non-hydrogen) atoms. The molecule has 128 valence electrons. The standard InChI is InChI=1S/C11H18NO2S3.ClHO4/c1-4-14-10(13)9(5-6-15-3)12(2)11-16-7-8-17-11;2-1(3,4)5/h7-9H,4-6H2,1-3H3;(H,2,3,4,5)/q+1;/p-1. The normalized spacial score (nSPS) is 12.1. The van der Waals surface area contributed by atoms with Crippen LogP contribution in [0.1, 0.15) is 13.3 Å². The Labute approximate surface area is 143 Å². The Bertz CT molecular complexity index is 476. The molecule has 0 aliphatic rings. The van der Waals surface area contributed by atoms with Gasteiger partial charge in [-0.1, -0.05) is 22.7 Å². The van der Waals surface area contributed by atoms with Crippen LogP contribution in [0.3, 0.4) is 0 Å². The molecule has 1 atom stereocenters. The number of hydrogen-bond acceptors (Lipinski definition) is 9. The van der Waals surface area contributed by atoms with E-state index < -0.39 is 10.2 Å². The number of carbonyl (C=O) groups is 1. The quantitative estimate of drug-likeness (QED) is 0.377. The maximum absolute atomic E-state index is 11.9. The van der Waals surface area contributed by atoms with Crippen LogP contribution in [0.5, 0.6) is 0 Å². The first-order valence-electron chi connectivity index (χ1n) is 6.06. The minimum atomic E-state index is -4.94. The number of carbonyl (C=O) groups excluding carboxylic acids is 1. The van der Waals surface area contributed by atoms with E-state index in [0.717, 1.165) is 16.2 Å². The molecule has 0 bridgehead atoms. The molecular formula is C11H18ClNO6S3. The predicted molar refractivity (Wildman–Crippen MR) is 76.8 cm³/mol. The molecule has 1 unspecified atom stereocenters. The van der Waals surface area contributed by atoms with E-state index in [9.17, 15) is 4.79 Å². The average molecular weight is 392 g/mol. The monoisotopic (exact) mass is 391 g/mol. The molecule has 1 rings (SSSR count). The molecular weight excluding hydrogens is 374 g/mol. The molecule has 0 spiro atoms. The van der Waals surface area contributed by atoms with Crippen LogP contribution < -0.4 is 27.2 Å². The number of esters is 1. The maximum Gasteiger partial charge on any atom is 0.375 e. The molecule has 0 aliphatic carbocycles. The van der Waals surface area contributed by atoms with Gasteiger partial charge in [0.2, 0.25) is 0 Å². The fraction of sp³-hybridized carbons (Fsp3) is 0.636. The number of halogens is 1. The topological polar surface area (TPSA) is 122 Å². The van der Waals surface area contributed by atoms with Gasteiger partial charge in [-0.2, -0.15) is 11.8 Å². The molecule has 0 aromatic carbocycles. The van der Waals surface area contributed by atoms with Crippen LogP contribution in [0.4, 0.5) is 0 Å². The molecule has 0 aliphatic heterocycles. The minimum Gasteiger partial charge on any atom is -0.461 e. The lowest BCUT2D eigenvalue weighted by atomic mass is 10.2. The second-order valence-corrected chi connectivity index (χ2v) is 7.60. The predicted octanol–water partition coefficient (Wildman–Crippen LogP) is -2.86. The summed E-state index contributed by atoms with van der Waals surface area (Å²) in [7, 11) is -2.98. The van der Waals surface area contributed by atoms with Crippen molar-refractivity contribution < 1.29 is 38.4 Å². The molecule has 11 heteroatoms. The van der Waals surface area contributed by atoms with Crippen molar-refractivity contribution in [2.45, 2.75) is 19.4 Å². The second kappa shape index (κ2) is 11.4.